The Hall–Kier alpha value is -1.32. The van der Waals surface area contributed by atoms with Gasteiger partial charge in [-0.1, -0.05) is 24.8 Å². The molecule has 1 unspecified atom stereocenters. The van der Waals surface area contributed by atoms with E-state index in [1.807, 2.05) is 12.1 Å². The Morgan fingerprint density at radius 1 is 1.40 bits per heavy atom. The lowest BCUT2D eigenvalue weighted by Crippen LogP contribution is -2.43. The maximum absolute atomic E-state index is 5.74. The summed E-state index contributed by atoms with van der Waals surface area (Å²) in [4.78, 5) is 0. The number of hydrogen-bond donors (Lipinski definition) is 1. The van der Waals surface area contributed by atoms with Gasteiger partial charge in [-0.25, -0.2) is 0 Å². The summed E-state index contributed by atoms with van der Waals surface area (Å²) in [6.45, 7) is 10.2. The average molecular weight is 275 g/mol. The molecule has 1 aromatic carbocycles. The van der Waals surface area contributed by atoms with Crippen molar-refractivity contribution in [2.45, 2.75) is 44.9 Å². The number of ether oxygens (including phenoxy) is 2. The van der Waals surface area contributed by atoms with Gasteiger partial charge in [-0.15, -0.1) is 0 Å². The molecule has 1 aliphatic rings. The van der Waals surface area contributed by atoms with E-state index in [0.717, 1.165) is 31.7 Å². The normalized spacial score (nSPS) is 21.4. The predicted octanol–water partition coefficient (Wildman–Crippen LogP) is 3.30. The zero-order valence-corrected chi connectivity index (χ0v) is 12.5. The van der Waals surface area contributed by atoms with Gasteiger partial charge in [-0.05, 0) is 44.4 Å². The smallest absolute Gasteiger partial charge is 0.119 e. The molecule has 20 heavy (non-hydrogen) atoms. The lowest BCUT2D eigenvalue weighted by molar-refractivity contribution is -0.0630. The molecule has 0 amide bonds. The van der Waals surface area contributed by atoms with E-state index in [9.17, 15) is 0 Å². The third kappa shape index (κ3) is 4.66. The number of benzene rings is 1. The van der Waals surface area contributed by atoms with Crippen LogP contribution in [0.2, 0.25) is 0 Å². The third-order valence-corrected chi connectivity index (χ3v) is 3.58. The van der Waals surface area contributed by atoms with Crippen LogP contribution in [0.3, 0.4) is 0 Å². The molecule has 1 aromatic rings. The van der Waals surface area contributed by atoms with E-state index in [1.165, 1.54) is 5.56 Å². The van der Waals surface area contributed by atoms with E-state index < -0.39 is 0 Å². The Bertz CT molecular complexity index is 425. The lowest BCUT2D eigenvalue weighted by Gasteiger charge is -2.36. The summed E-state index contributed by atoms with van der Waals surface area (Å²) >= 11 is 0. The van der Waals surface area contributed by atoms with Crippen LogP contribution in [0.1, 0.15) is 32.3 Å². The summed E-state index contributed by atoms with van der Waals surface area (Å²) in [5.41, 5.74) is 1.28. The molecule has 1 saturated heterocycles. The molecule has 1 N–H and O–H groups in total. The van der Waals surface area contributed by atoms with Crippen molar-refractivity contribution >= 4 is 0 Å². The van der Waals surface area contributed by atoms with Gasteiger partial charge in [0, 0.05) is 19.2 Å². The molecule has 0 spiro atoms. The number of rotatable bonds is 6. The largest absolute Gasteiger partial charge is 0.490 e. The molecule has 2 rings (SSSR count). The van der Waals surface area contributed by atoms with Gasteiger partial charge < -0.3 is 14.8 Å². The molecule has 0 bridgehead atoms. The van der Waals surface area contributed by atoms with Crippen LogP contribution in [-0.2, 0) is 11.3 Å². The van der Waals surface area contributed by atoms with Crippen LogP contribution in [-0.4, -0.2) is 24.9 Å². The summed E-state index contributed by atoms with van der Waals surface area (Å²) in [5.74, 6) is 0.890. The van der Waals surface area contributed by atoms with Crippen molar-refractivity contribution in [2.75, 3.05) is 13.2 Å². The van der Waals surface area contributed by atoms with Gasteiger partial charge in [-0.2, -0.15) is 0 Å². The highest BCUT2D eigenvalue weighted by molar-refractivity contribution is 5.27. The highest BCUT2D eigenvalue weighted by Crippen LogP contribution is 2.24. The average Bonchev–Trinajstić information content (AvgIpc) is 2.43. The molecular formula is C17H25NO2. The Kier molecular flexibility index (Phi) is 5.21. The molecule has 110 valence electrons. The van der Waals surface area contributed by atoms with E-state index in [2.05, 4.69) is 37.9 Å². The summed E-state index contributed by atoms with van der Waals surface area (Å²) < 4.78 is 11.2. The molecule has 0 radical (unpaired) electrons. The van der Waals surface area contributed by atoms with Crippen molar-refractivity contribution < 1.29 is 9.47 Å². The Balaban J connectivity index is 1.80. The topological polar surface area (TPSA) is 30.5 Å². The first-order valence-electron chi connectivity index (χ1n) is 7.29. The third-order valence-electron chi connectivity index (χ3n) is 3.58. The minimum Gasteiger partial charge on any atom is -0.490 e. The first-order chi connectivity index (χ1) is 9.59. The molecule has 3 heteroatoms. The Morgan fingerprint density at radius 2 is 2.15 bits per heavy atom. The van der Waals surface area contributed by atoms with Crippen molar-refractivity contribution in [3.05, 3.63) is 42.5 Å². The fourth-order valence-electron chi connectivity index (χ4n) is 2.53. The Labute approximate surface area is 122 Å². The minimum absolute atomic E-state index is 0.00168. The van der Waals surface area contributed by atoms with Gasteiger partial charge in [0.1, 0.15) is 12.4 Å². The maximum atomic E-state index is 5.74. The van der Waals surface area contributed by atoms with Crippen LogP contribution in [0.15, 0.2) is 36.9 Å². The molecule has 1 atom stereocenters. The van der Waals surface area contributed by atoms with Crippen molar-refractivity contribution in [3.8, 4) is 5.75 Å². The van der Waals surface area contributed by atoms with Crippen molar-refractivity contribution in [1.29, 1.82) is 0 Å². The van der Waals surface area contributed by atoms with Crippen molar-refractivity contribution in [2.24, 2.45) is 0 Å². The van der Waals surface area contributed by atoms with Gasteiger partial charge in [0.2, 0.25) is 0 Å². The van der Waals surface area contributed by atoms with Gasteiger partial charge >= 0.3 is 0 Å². The highest BCUT2D eigenvalue weighted by Gasteiger charge is 2.28. The second-order valence-corrected chi connectivity index (χ2v) is 5.92. The molecule has 1 fully saturated rings. The zero-order chi connectivity index (χ0) is 14.4. The molecule has 0 aromatic heterocycles. The van der Waals surface area contributed by atoms with E-state index in [1.54, 1.807) is 6.08 Å². The first-order valence-corrected chi connectivity index (χ1v) is 7.29. The molecular weight excluding hydrogens is 250 g/mol. The summed E-state index contributed by atoms with van der Waals surface area (Å²) in [5, 5.41) is 3.62. The zero-order valence-electron chi connectivity index (χ0n) is 12.5. The van der Waals surface area contributed by atoms with Gasteiger partial charge in [0.15, 0.2) is 0 Å². The SMILES string of the molecule is C=CCOc1ccc(CNC2CCOC(C)(C)C2)cc1. The predicted molar refractivity (Wildman–Crippen MR) is 82.0 cm³/mol. The number of hydrogen-bond acceptors (Lipinski definition) is 3. The molecule has 0 saturated carbocycles. The van der Waals surface area contributed by atoms with Gasteiger partial charge in [0.25, 0.3) is 0 Å². The fraction of sp³-hybridized carbons (Fsp3) is 0.529. The highest BCUT2D eigenvalue weighted by atomic mass is 16.5. The molecule has 1 heterocycles. The van der Waals surface area contributed by atoms with Crippen LogP contribution in [0, 0.1) is 0 Å². The standard InChI is InChI=1S/C17H25NO2/c1-4-10-19-16-7-5-14(6-8-16)13-18-15-9-11-20-17(2,3)12-15/h4-8,15,18H,1,9-13H2,2-3H3. The van der Waals surface area contributed by atoms with Crippen LogP contribution in [0.4, 0.5) is 0 Å². The van der Waals surface area contributed by atoms with Crippen LogP contribution in [0.5, 0.6) is 5.75 Å². The van der Waals surface area contributed by atoms with Gasteiger partial charge in [0.05, 0.1) is 5.60 Å². The van der Waals surface area contributed by atoms with Crippen LogP contribution >= 0.6 is 0 Å². The molecule has 1 aliphatic heterocycles. The molecule has 3 nitrogen and oxygen atoms in total. The van der Waals surface area contributed by atoms with Crippen molar-refractivity contribution in [3.63, 3.8) is 0 Å². The van der Waals surface area contributed by atoms with Crippen LogP contribution in [0.25, 0.3) is 0 Å². The summed E-state index contributed by atoms with van der Waals surface area (Å²) in [7, 11) is 0. The maximum Gasteiger partial charge on any atom is 0.119 e. The first kappa shape index (κ1) is 15.1. The second-order valence-electron chi connectivity index (χ2n) is 5.92. The van der Waals surface area contributed by atoms with E-state index in [4.69, 9.17) is 9.47 Å². The van der Waals surface area contributed by atoms with Gasteiger partial charge in [-0.3, -0.25) is 0 Å². The summed E-state index contributed by atoms with van der Waals surface area (Å²) in [6.07, 6.45) is 3.90. The van der Waals surface area contributed by atoms with E-state index in [0.29, 0.717) is 12.6 Å². The quantitative estimate of drug-likeness (QED) is 0.808. The van der Waals surface area contributed by atoms with E-state index >= 15 is 0 Å². The lowest BCUT2D eigenvalue weighted by atomic mass is 9.94. The Morgan fingerprint density at radius 3 is 2.80 bits per heavy atom. The van der Waals surface area contributed by atoms with E-state index in [-0.39, 0.29) is 5.60 Å². The second kappa shape index (κ2) is 6.91. The van der Waals surface area contributed by atoms with Crippen molar-refractivity contribution in [1.82, 2.24) is 5.32 Å². The monoisotopic (exact) mass is 275 g/mol. The van der Waals surface area contributed by atoms with Crippen LogP contribution < -0.4 is 10.1 Å². The summed E-state index contributed by atoms with van der Waals surface area (Å²) in [6, 6.07) is 8.77. The minimum atomic E-state index is -0.00168. The molecule has 0 aliphatic carbocycles. The number of nitrogens with one attached hydrogen (secondary N) is 1. The fourth-order valence-corrected chi connectivity index (χ4v) is 2.53.